The molecule has 0 aromatic heterocycles. The molecule has 6 heteroatoms. The summed E-state index contributed by atoms with van der Waals surface area (Å²) in [6, 6.07) is -0.553. The predicted molar refractivity (Wildman–Crippen MR) is 310 cm³/mol. The monoisotopic (exact) mass is 998 g/mol. The summed E-state index contributed by atoms with van der Waals surface area (Å²) in [5, 5.41) is 23.3. The number of nitrogens with one attached hydrogen (secondary N) is 1. The zero-order valence-corrected chi connectivity index (χ0v) is 47.7. The van der Waals surface area contributed by atoms with Gasteiger partial charge in [0, 0.05) is 12.8 Å². The Labute approximate surface area is 443 Å². The predicted octanol–water partition coefficient (Wildman–Crippen LogP) is 20.0. The van der Waals surface area contributed by atoms with Crippen LogP contribution in [0.5, 0.6) is 0 Å². The fourth-order valence-corrected chi connectivity index (χ4v) is 9.78. The summed E-state index contributed by atoms with van der Waals surface area (Å²) in [6.45, 7) is 4.94. The first-order chi connectivity index (χ1) is 35.0. The van der Waals surface area contributed by atoms with Crippen molar-refractivity contribution in [3.63, 3.8) is 0 Å². The van der Waals surface area contributed by atoms with E-state index in [4.69, 9.17) is 4.74 Å². The molecule has 0 aliphatic rings. The van der Waals surface area contributed by atoms with Gasteiger partial charge in [0.15, 0.2) is 0 Å². The normalized spacial score (nSPS) is 12.8. The van der Waals surface area contributed by atoms with Crippen LogP contribution in [0.15, 0.2) is 36.5 Å². The first-order valence-electron chi connectivity index (χ1n) is 31.7. The third kappa shape index (κ3) is 57.2. The number of allylic oxidation sites excluding steroid dienone is 6. The standard InChI is InChI=1S/C65H123NO5/c1-3-5-7-9-11-13-15-17-19-21-25-29-33-37-41-45-49-53-57-63(68)62(61-67)66-64(69)58-54-50-46-42-38-34-30-26-23-24-28-32-36-40-44-48-52-56-60-71-65(70)59-55-51-47-43-39-35-31-27-22-20-18-16-14-12-10-8-6-4-2/h14,16,20,22,26,30,62-63,67-68H,3-13,15,17-19,21,23-25,27-29,31-61H2,1-2H3,(H,66,69)/b16-14-,22-20-,30-26-. The summed E-state index contributed by atoms with van der Waals surface area (Å²) in [7, 11) is 0. The number of aliphatic hydroxyl groups excluding tert-OH is 2. The molecule has 0 aromatic rings. The van der Waals surface area contributed by atoms with Gasteiger partial charge >= 0.3 is 5.97 Å². The van der Waals surface area contributed by atoms with E-state index in [0.29, 0.717) is 25.9 Å². The highest BCUT2D eigenvalue weighted by atomic mass is 16.5. The number of unbranched alkanes of at least 4 members (excludes halogenated alkanes) is 42. The van der Waals surface area contributed by atoms with Crippen molar-refractivity contribution in [1.82, 2.24) is 5.32 Å². The van der Waals surface area contributed by atoms with Crippen LogP contribution in [-0.4, -0.2) is 47.4 Å². The Kier molecular flexibility index (Phi) is 59.0. The van der Waals surface area contributed by atoms with E-state index in [2.05, 4.69) is 55.6 Å². The Morgan fingerprint density at radius 1 is 0.394 bits per heavy atom. The van der Waals surface area contributed by atoms with Crippen molar-refractivity contribution in [2.45, 2.75) is 353 Å². The Balaban J connectivity index is 3.44. The van der Waals surface area contributed by atoms with Gasteiger partial charge < -0.3 is 20.3 Å². The fraction of sp³-hybridized carbons (Fsp3) is 0.877. The topological polar surface area (TPSA) is 95.9 Å². The molecule has 0 bridgehead atoms. The number of rotatable bonds is 59. The van der Waals surface area contributed by atoms with Crippen LogP contribution in [0, 0.1) is 0 Å². The van der Waals surface area contributed by atoms with Crippen molar-refractivity contribution in [3.05, 3.63) is 36.5 Å². The SMILES string of the molecule is CCCCCC/C=C\C/C=C\CCCCCCCCCC(=O)OCCCCCCCCCCC/C=C\CCCCCCCC(=O)NC(CO)C(O)CCCCCCCCCCCCCCCCCCCC. The molecular formula is C65H123NO5. The number of carbonyl (C=O) groups excluding carboxylic acids is 2. The molecule has 0 saturated carbocycles. The summed E-state index contributed by atoms with van der Waals surface area (Å²) in [5.41, 5.74) is 0. The molecule has 0 spiro atoms. The minimum absolute atomic E-state index is 0.00398. The summed E-state index contributed by atoms with van der Waals surface area (Å²) >= 11 is 0. The van der Waals surface area contributed by atoms with Crippen LogP contribution in [-0.2, 0) is 14.3 Å². The van der Waals surface area contributed by atoms with Crippen LogP contribution in [0.1, 0.15) is 341 Å². The van der Waals surface area contributed by atoms with Crippen LogP contribution in [0.3, 0.4) is 0 Å². The molecule has 0 fully saturated rings. The average molecular weight is 999 g/mol. The summed E-state index contributed by atoms with van der Waals surface area (Å²) in [4.78, 5) is 24.6. The highest BCUT2D eigenvalue weighted by Gasteiger charge is 2.20. The van der Waals surface area contributed by atoms with Gasteiger partial charge in [0.2, 0.25) is 5.91 Å². The van der Waals surface area contributed by atoms with Crippen LogP contribution in [0.4, 0.5) is 0 Å². The molecule has 2 unspecified atom stereocenters. The molecule has 0 saturated heterocycles. The van der Waals surface area contributed by atoms with Gasteiger partial charge in [-0.05, 0) is 83.5 Å². The highest BCUT2D eigenvalue weighted by Crippen LogP contribution is 2.17. The van der Waals surface area contributed by atoms with Gasteiger partial charge in [-0.15, -0.1) is 0 Å². The molecule has 0 aliphatic heterocycles. The van der Waals surface area contributed by atoms with Gasteiger partial charge in [0.25, 0.3) is 0 Å². The van der Waals surface area contributed by atoms with E-state index in [1.54, 1.807) is 0 Å². The molecule has 0 rings (SSSR count). The van der Waals surface area contributed by atoms with E-state index in [-0.39, 0.29) is 18.5 Å². The first kappa shape index (κ1) is 69.1. The highest BCUT2D eigenvalue weighted by molar-refractivity contribution is 5.76. The molecule has 0 aliphatic carbocycles. The van der Waals surface area contributed by atoms with Crippen molar-refractivity contribution in [2.75, 3.05) is 13.2 Å². The maximum Gasteiger partial charge on any atom is 0.305 e. The lowest BCUT2D eigenvalue weighted by Gasteiger charge is -2.22. The molecule has 71 heavy (non-hydrogen) atoms. The molecule has 418 valence electrons. The lowest BCUT2D eigenvalue weighted by molar-refractivity contribution is -0.143. The number of ether oxygens (including phenoxy) is 1. The molecule has 1 amide bonds. The molecule has 0 aromatic carbocycles. The van der Waals surface area contributed by atoms with E-state index < -0.39 is 12.1 Å². The molecular weight excluding hydrogens is 875 g/mol. The average Bonchev–Trinajstić information content (AvgIpc) is 3.37. The van der Waals surface area contributed by atoms with Crippen LogP contribution < -0.4 is 5.32 Å². The number of hydrogen-bond donors (Lipinski definition) is 3. The lowest BCUT2D eigenvalue weighted by atomic mass is 10.0. The maximum absolute atomic E-state index is 12.5. The van der Waals surface area contributed by atoms with Gasteiger partial charge in [-0.1, -0.05) is 281 Å². The van der Waals surface area contributed by atoms with E-state index in [9.17, 15) is 19.8 Å². The number of hydrogen-bond acceptors (Lipinski definition) is 5. The molecule has 3 N–H and O–H groups in total. The molecule has 0 heterocycles. The van der Waals surface area contributed by atoms with Crippen molar-refractivity contribution in [1.29, 1.82) is 0 Å². The minimum atomic E-state index is -0.674. The van der Waals surface area contributed by atoms with Crippen molar-refractivity contribution in [3.8, 4) is 0 Å². The molecule has 0 radical (unpaired) electrons. The second kappa shape index (κ2) is 60.6. The van der Waals surface area contributed by atoms with Crippen LogP contribution >= 0.6 is 0 Å². The van der Waals surface area contributed by atoms with Crippen molar-refractivity contribution < 1.29 is 24.5 Å². The van der Waals surface area contributed by atoms with Gasteiger partial charge in [-0.25, -0.2) is 0 Å². The van der Waals surface area contributed by atoms with E-state index >= 15 is 0 Å². The van der Waals surface area contributed by atoms with E-state index in [1.807, 2.05) is 0 Å². The Morgan fingerprint density at radius 2 is 0.704 bits per heavy atom. The Bertz CT molecular complexity index is 1150. The number of esters is 1. The van der Waals surface area contributed by atoms with Crippen LogP contribution in [0.25, 0.3) is 0 Å². The Morgan fingerprint density at radius 3 is 1.10 bits per heavy atom. The second-order valence-electron chi connectivity index (χ2n) is 21.7. The van der Waals surface area contributed by atoms with Crippen molar-refractivity contribution >= 4 is 11.9 Å². The van der Waals surface area contributed by atoms with E-state index in [0.717, 1.165) is 64.2 Å². The third-order valence-electron chi connectivity index (χ3n) is 14.7. The van der Waals surface area contributed by atoms with Gasteiger partial charge in [0.1, 0.15) is 0 Å². The van der Waals surface area contributed by atoms with E-state index in [1.165, 1.54) is 244 Å². The van der Waals surface area contributed by atoms with Gasteiger partial charge in [-0.3, -0.25) is 9.59 Å². The fourth-order valence-electron chi connectivity index (χ4n) is 9.78. The Hall–Kier alpha value is -1.92. The third-order valence-corrected chi connectivity index (χ3v) is 14.7. The molecule has 6 nitrogen and oxygen atoms in total. The lowest BCUT2D eigenvalue weighted by Crippen LogP contribution is -2.45. The second-order valence-corrected chi connectivity index (χ2v) is 21.7. The minimum Gasteiger partial charge on any atom is -0.466 e. The maximum atomic E-state index is 12.5. The summed E-state index contributed by atoms with van der Waals surface area (Å²) in [5.74, 6) is -0.0513. The van der Waals surface area contributed by atoms with Crippen molar-refractivity contribution in [2.24, 2.45) is 0 Å². The quantitative estimate of drug-likeness (QED) is 0.0321. The number of carbonyl (C=O) groups is 2. The number of amides is 1. The van der Waals surface area contributed by atoms with Crippen LogP contribution in [0.2, 0.25) is 0 Å². The zero-order chi connectivity index (χ0) is 51.4. The number of aliphatic hydroxyl groups is 2. The van der Waals surface area contributed by atoms with Gasteiger partial charge in [-0.2, -0.15) is 0 Å². The summed E-state index contributed by atoms with van der Waals surface area (Å²) in [6.07, 6.45) is 75.8. The largest absolute Gasteiger partial charge is 0.466 e. The van der Waals surface area contributed by atoms with Gasteiger partial charge in [0.05, 0.1) is 25.4 Å². The molecule has 2 atom stereocenters. The smallest absolute Gasteiger partial charge is 0.305 e. The summed E-state index contributed by atoms with van der Waals surface area (Å²) < 4.78 is 5.49. The zero-order valence-electron chi connectivity index (χ0n) is 47.7. The first-order valence-corrected chi connectivity index (χ1v) is 31.7.